The molecule has 17 heavy (non-hydrogen) atoms. The van der Waals surface area contributed by atoms with E-state index < -0.39 is 5.97 Å². The van der Waals surface area contributed by atoms with Gasteiger partial charge in [-0.05, 0) is 35.6 Å². The predicted molar refractivity (Wildman–Crippen MR) is 66.0 cm³/mol. The minimum atomic E-state index is -0.857. The highest BCUT2D eigenvalue weighted by atomic mass is 16.4. The molecule has 0 saturated heterocycles. The standard InChI is InChI=1S/C13H19NO3/c1-8(2)9-5-10(7-11(15)6-9)12(14)3-4-13(16)17/h5-8,12,15H,3-4,14H2,1-2H3,(H,16,17). The molecule has 0 radical (unpaired) electrons. The van der Waals surface area contributed by atoms with Gasteiger partial charge in [0.05, 0.1) is 0 Å². The first kappa shape index (κ1) is 13.5. The second-order valence-electron chi connectivity index (χ2n) is 4.55. The van der Waals surface area contributed by atoms with E-state index in [-0.39, 0.29) is 18.2 Å². The number of carboxylic acids is 1. The van der Waals surface area contributed by atoms with E-state index >= 15 is 0 Å². The van der Waals surface area contributed by atoms with E-state index in [1.165, 1.54) is 0 Å². The Hall–Kier alpha value is -1.55. The number of carbonyl (C=O) groups is 1. The molecule has 0 bridgehead atoms. The van der Waals surface area contributed by atoms with E-state index in [1.807, 2.05) is 19.9 Å². The molecule has 4 heteroatoms. The van der Waals surface area contributed by atoms with Crippen LogP contribution < -0.4 is 5.73 Å². The molecule has 1 unspecified atom stereocenters. The molecule has 0 amide bonds. The van der Waals surface area contributed by atoms with Crippen LogP contribution in [0, 0.1) is 0 Å². The molecule has 0 aromatic heterocycles. The molecule has 0 spiro atoms. The van der Waals surface area contributed by atoms with Crippen LogP contribution in [0.5, 0.6) is 5.75 Å². The van der Waals surface area contributed by atoms with Crippen LogP contribution in [-0.2, 0) is 4.79 Å². The Morgan fingerprint density at radius 1 is 1.29 bits per heavy atom. The molecule has 1 aromatic rings. The third-order valence-electron chi connectivity index (χ3n) is 2.73. The number of benzene rings is 1. The lowest BCUT2D eigenvalue weighted by Crippen LogP contribution is -2.12. The van der Waals surface area contributed by atoms with Crippen LogP contribution in [0.25, 0.3) is 0 Å². The summed E-state index contributed by atoms with van der Waals surface area (Å²) in [7, 11) is 0. The molecule has 4 nitrogen and oxygen atoms in total. The topological polar surface area (TPSA) is 83.5 Å². The van der Waals surface area contributed by atoms with E-state index in [1.54, 1.807) is 12.1 Å². The van der Waals surface area contributed by atoms with Crippen molar-refractivity contribution in [2.75, 3.05) is 0 Å². The Morgan fingerprint density at radius 2 is 1.88 bits per heavy atom. The average Bonchev–Trinajstić information content (AvgIpc) is 2.24. The molecular weight excluding hydrogens is 218 g/mol. The zero-order chi connectivity index (χ0) is 13.0. The average molecular weight is 237 g/mol. The van der Waals surface area contributed by atoms with Gasteiger partial charge >= 0.3 is 5.97 Å². The van der Waals surface area contributed by atoms with Crippen LogP contribution in [0.3, 0.4) is 0 Å². The van der Waals surface area contributed by atoms with Crippen molar-refractivity contribution in [3.8, 4) is 5.75 Å². The summed E-state index contributed by atoms with van der Waals surface area (Å²) in [4.78, 5) is 10.5. The fourth-order valence-corrected chi connectivity index (χ4v) is 1.65. The molecule has 0 heterocycles. The Bertz CT molecular complexity index is 402. The number of phenols is 1. The molecule has 1 rings (SSSR count). The fraction of sp³-hybridized carbons (Fsp3) is 0.462. The van der Waals surface area contributed by atoms with Crippen molar-refractivity contribution >= 4 is 5.97 Å². The van der Waals surface area contributed by atoms with Gasteiger partial charge in [-0.2, -0.15) is 0 Å². The van der Waals surface area contributed by atoms with Gasteiger partial charge in [0, 0.05) is 12.5 Å². The molecule has 0 fully saturated rings. The van der Waals surface area contributed by atoms with Crippen LogP contribution in [0.4, 0.5) is 0 Å². The summed E-state index contributed by atoms with van der Waals surface area (Å²) in [6, 6.07) is 4.88. The van der Waals surface area contributed by atoms with Gasteiger partial charge in [-0.3, -0.25) is 4.79 Å². The number of carboxylic acid groups (broad SMARTS) is 1. The summed E-state index contributed by atoms with van der Waals surface area (Å²) in [5.41, 5.74) is 7.70. The molecular formula is C13H19NO3. The van der Waals surface area contributed by atoms with Gasteiger partial charge < -0.3 is 15.9 Å². The first-order chi connectivity index (χ1) is 7.90. The lowest BCUT2D eigenvalue weighted by molar-refractivity contribution is -0.137. The summed E-state index contributed by atoms with van der Waals surface area (Å²) >= 11 is 0. The number of phenolic OH excluding ortho intramolecular Hbond substituents is 1. The maximum absolute atomic E-state index is 10.5. The summed E-state index contributed by atoms with van der Waals surface area (Å²) in [6.45, 7) is 4.06. The van der Waals surface area contributed by atoms with Crippen LogP contribution in [-0.4, -0.2) is 16.2 Å². The van der Waals surface area contributed by atoms with Gasteiger partial charge in [0.25, 0.3) is 0 Å². The van der Waals surface area contributed by atoms with Crippen molar-refractivity contribution in [3.63, 3.8) is 0 Å². The van der Waals surface area contributed by atoms with Crippen molar-refractivity contribution in [1.82, 2.24) is 0 Å². The highest BCUT2D eigenvalue weighted by Crippen LogP contribution is 2.26. The van der Waals surface area contributed by atoms with Crippen LogP contribution >= 0.6 is 0 Å². The monoisotopic (exact) mass is 237 g/mol. The molecule has 0 aliphatic heterocycles. The van der Waals surface area contributed by atoms with Crippen LogP contribution in [0.1, 0.15) is 49.8 Å². The van der Waals surface area contributed by atoms with E-state index in [0.717, 1.165) is 11.1 Å². The molecule has 0 aliphatic rings. The van der Waals surface area contributed by atoms with Crippen LogP contribution in [0.15, 0.2) is 18.2 Å². The van der Waals surface area contributed by atoms with Crippen molar-refractivity contribution in [1.29, 1.82) is 0 Å². The maximum Gasteiger partial charge on any atom is 0.303 e. The van der Waals surface area contributed by atoms with E-state index in [4.69, 9.17) is 10.8 Å². The van der Waals surface area contributed by atoms with Crippen molar-refractivity contribution in [2.45, 2.75) is 38.6 Å². The van der Waals surface area contributed by atoms with Crippen molar-refractivity contribution in [3.05, 3.63) is 29.3 Å². The zero-order valence-corrected chi connectivity index (χ0v) is 10.2. The number of hydrogen-bond donors (Lipinski definition) is 3. The molecule has 1 atom stereocenters. The van der Waals surface area contributed by atoms with Gasteiger partial charge in [-0.15, -0.1) is 0 Å². The number of rotatable bonds is 5. The Kier molecular flexibility index (Phi) is 4.52. The van der Waals surface area contributed by atoms with E-state index in [2.05, 4.69) is 0 Å². The van der Waals surface area contributed by atoms with Gasteiger partial charge in [0.1, 0.15) is 5.75 Å². The highest BCUT2D eigenvalue weighted by molar-refractivity contribution is 5.66. The van der Waals surface area contributed by atoms with Gasteiger partial charge in [-0.1, -0.05) is 19.9 Å². The van der Waals surface area contributed by atoms with E-state index in [0.29, 0.717) is 12.3 Å². The van der Waals surface area contributed by atoms with E-state index in [9.17, 15) is 9.90 Å². The predicted octanol–water partition coefficient (Wildman–Crippen LogP) is 2.38. The number of aliphatic carboxylic acids is 1. The largest absolute Gasteiger partial charge is 0.508 e. The second-order valence-corrected chi connectivity index (χ2v) is 4.55. The fourth-order valence-electron chi connectivity index (χ4n) is 1.65. The quantitative estimate of drug-likeness (QED) is 0.734. The lowest BCUT2D eigenvalue weighted by atomic mass is 9.95. The number of nitrogens with two attached hydrogens (primary N) is 1. The Balaban J connectivity index is 2.85. The van der Waals surface area contributed by atoms with Gasteiger partial charge in [0.15, 0.2) is 0 Å². The van der Waals surface area contributed by atoms with Crippen molar-refractivity contribution < 1.29 is 15.0 Å². The minimum Gasteiger partial charge on any atom is -0.508 e. The van der Waals surface area contributed by atoms with Gasteiger partial charge in [-0.25, -0.2) is 0 Å². The highest BCUT2D eigenvalue weighted by Gasteiger charge is 2.11. The molecule has 94 valence electrons. The summed E-state index contributed by atoms with van der Waals surface area (Å²) < 4.78 is 0. The minimum absolute atomic E-state index is 0.0356. The first-order valence-electron chi connectivity index (χ1n) is 5.71. The Morgan fingerprint density at radius 3 is 2.41 bits per heavy atom. The van der Waals surface area contributed by atoms with Crippen molar-refractivity contribution in [2.24, 2.45) is 5.73 Å². The molecule has 4 N–H and O–H groups in total. The van der Waals surface area contributed by atoms with Gasteiger partial charge in [0.2, 0.25) is 0 Å². The maximum atomic E-state index is 10.5. The smallest absolute Gasteiger partial charge is 0.303 e. The third-order valence-corrected chi connectivity index (χ3v) is 2.73. The summed E-state index contributed by atoms with van der Waals surface area (Å²) in [5.74, 6) is -0.380. The molecule has 0 saturated carbocycles. The number of hydrogen-bond acceptors (Lipinski definition) is 3. The molecule has 1 aromatic carbocycles. The summed E-state index contributed by atoms with van der Waals surface area (Å²) in [6.07, 6.45) is 0.407. The second kappa shape index (κ2) is 5.68. The lowest BCUT2D eigenvalue weighted by Gasteiger charge is -2.14. The third kappa shape index (κ3) is 4.07. The zero-order valence-electron chi connectivity index (χ0n) is 10.2. The van der Waals surface area contributed by atoms with Crippen LogP contribution in [0.2, 0.25) is 0 Å². The normalized spacial score (nSPS) is 12.7. The summed E-state index contributed by atoms with van der Waals surface area (Å²) in [5, 5.41) is 18.2. The first-order valence-corrected chi connectivity index (χ1v) is 5.71. The number of aromatic hydroxyl groups is 1. The Labute approximate surface area is 101 Å². The molecule has 0 aliphatic carbocycles. The SMILES string of the molecule is CC(C)c1cc(O)cc(C(N)CCC(=O)O)c1.